The van der Waals surface area contributed by atoms with Crippen LogP contribution < -0.4 is 10.5 Å². The minimum absolute atomic E-state index is 0.102. The maximum Gasteiger partial charge on any atom is 0.262 e. The van der Waals surface area contributed by atoms with Gasteiger partial charge in [0.25, 0.3) is 5.56 Å². The van der Waals surface area contributed by atoms with E-state index in [0.717, 1.165) is 16.8 Å². The van der Waals surface area contributed by atoms with E-state index in [-0.39, 0.29) is 5.56 Å². The lowest BCUT2D eigenvalue weighted by Gasteiger charge is -2.21. The third kappa shape index (κ3) is 2.49. The van der Waals surface area contributed by atoms with Gasteiger partial charge in [0, 0.05) is 25.4 Å². The molecule has 6 nitrogen and oxygen atoms in total. The second-order valence-corrected chi connectivity index (χ2v) is 6.67. The Balaban J connectivity index is 1.92. The van der Waals surface area contributed by atoms with Crippen molar-refractivity contribution in [3.8, 4) is 0 Å². The number of nitrogens with zero attached hydrogens (tertiary/aromatic N) is 4. The Kier molecular flexibility index (Phi) is 3.58. The molecule has 0 saturated carbocycles. The smallest absolute Gasteiger partial charge is 0.262 e. The molecular weight excluding hydrogens is 316 g/mol. The van der Waals surface area contributed by atoms with Crippen LogP contribution in [0, 0.1) is 6.92 Å². The number of aromatic nitrogens is 3. The number of aliphatic hydroxyl groups is 1. The minimum Gasteiger partial charge on any atom is -0.389 e. The summed E-state index contributed by atoms with van der Waals surface area (Å²) >= 11 is 0. The molecule has 0 saturated heterocycles. The summed E-state index contributed by atoms with van der Waals surface area (Å²) in [5, 5.41) is 10.7. The van der Waals surface area contributed by atoms with Gasteiger partial charge < -0.3 is 10.0 Å². The molecule has 4 rings (SSSR count). The molecule has 1 aliphatic heterocycles. The predicted octanol–water partition coefficient (Wildman–Crippen LogP) is 2.21. The number of hydrogen-bond acceptors (Lipinski definition) is 5. The van der Waals surface area contributed by atoms with Crippen molar-refractivity contribution in [1.82, 2.24) is 14.5 Å². The number of benzene rings is 1. The van der Waals surface area contributed by atoms with Crippen molar-refractivity contribution in [2.45, 2.75) is 33.0 Å². The standard InChI is InChI=1S/C19H20N4O2/c1-11-7-14(12(2)24)17-15(8-11)18(25)22(3)19(21-17)23-9-13-5-4-6-20-16(13)10-23/h4-8,12,24H,9-10H2,1-3H3. The van der Waals surface area contributed by atoms with E-state index in [0.29, 0.717) is 35.5 Å². The van der Waals surface area contributed by atoms with Gasteiger partial charge in [-0.2, -0.15) is 0 Å². The van der Waals surface area contributed by atoms with Gasteiger partial charge in [-0.25, -0.2) is 4.98 Å². The van der Waals surface area contributed by atoms with Gasteiger partial charge in [0.15, 0.2) is 0 Å². The number of pyridine rings is 1. The van der Waals surface area contributed by atoms with Gasteiger partial charge in [0.05, 0.1) is 29.2 Å². The molecule has 1 N–H and O–H groups in total. The van der Waals surface area contributed by atoms with Gasteiger partial charge in [-0.15, -0.1) is 0 Å². The zero-order valence-corrected chi connectivity index (χ0v) is 14.5. The van der Waals surface area contributed by atoms with E-state index < -0.39 is 6.10 Å². The summed E-state index contributed by atoms with van der Waals surface area (Å²) in [5.74, 6) is 0.598. The molecule has 3 heterocycles. The van der Waals surface area contributed by atoms with E-state index in [9.17, 15) is 9.90 Å². The largest absolute Gasteiger partial charge is 0.389 e. The second-order valence-electron chi connectivity index (χ2n) is 6.67. The van der Waals surface area contributed by atoms with Crippen molar-refractivity contribution in [2.24, 2.45) is 7.05 Å². The van der Waals surface area contributed by atoms with E-state index in [2.05, 4.69) is 4.98 Å². The van der Waals surface area contributed by atoms with Gasteiger partial charge in [0.2, 0.25) is 5.95 Å². The summed E-state index contributed by atoms with van der Waals surface area (Å²) < 4.78 is 1.58. The molecule has 1 atom stereocenters. The molecule has 6 heteroatoms. The van der Waals surface area contributed by atoms with E-state index in [4.69, 9.17) is 4.98 Å². The van der Waals surface area contributed by atoms with E-state index >= 15 is 0 Å². The van der Waals surface area contributed by atoms with Crippen LogP contribution >= 0.6 is 0 Å². The Morgan fingerprint density at radius 2 is 2.08 bits per heavy atom. The van der Waals surface area contributed by atoms with Crippen LogP contribution in [0.25, 0.3) is 10.9 Å². The van der Waals surface area contributed by atoms with Crippen molar-refractivity contribution in [1.29, 1.82) is 0 Å². The molecule has 0 bridgehead atoms. The number of aliphatic hydroxyl groups excluding tert-OH is 1. The van der Waals surface area contributed by atoms with Crippen LogP contribution in [0.2, 0.25) is 0 Å². The number of fused-ring (bicyclic) bond motifs is 2. The van der Waals surface area contributed by atoms with Gasteiger partial charge in [-0.1, -0.05) is 12.1 Å². The van der Waals surface area contributed by atoms with Crippen LogP contribution in [0.15, 0.2) is 35.3 Å². The van der Waals surface area contributed by atoms with Gasteiger partial charge >= 0.3 is 0 Å². The van der Waals surface area contributed by atoms with Crippen molar-refractivity contribution >= 4 is 16.9 Å². The predicted molar refractivity (Wildman–Crippen MR) is 96.5 cm³/mol. The topological polar surface area (TPSA) is 71.2 Å². The quantitative estimate of drug-likeness (QED) is 0.777. The van der Waals surface area contributed by atoms with E-state index in [1.165, 1.54) is 0 Å². The molecule has 0 fully saturated rings. The van der Waals surface area contributed by atoms with Crippen molar-refractivity contribution in [3.63, 3.8) is 0 Å². The molecule has 0 aliphatic carbocycles. The number of hydrogen-bond donors (Lipinski definition) is 1. The molecule has 3 aromatic rings. The maximum absolute atomic E-state index is 12.9. The van der Waals surface area contributed by atoms with Gasteiger partial charge in [0.1, 0.15) is 0 Å². The highest BCUT2D eigenvalue weighted by molar-refractivity contribution is 5.83. The van der Waals surface area contributed by atoms with Crippen molar-refractivity contribution < 1.29 is 5.11 Å². The zero-order valence-electron chi connectivity index (χ0n) is 14.5. The maximum atomic E-state index is 12.9. The summed E-state index contributed by atoms with van der Waals surface area (Å²) in [6.07, 6.45) is 1.09. The molecule has 0 amide bonds. The first-order chi connectivity index (χ1) is 12.0. The lowest BCUT2D eigenvalue weighted by atomic mass is 10.0. The van der Waals surface area contributed by atoms with E-state index in [1.807, 2.05) is 36.1 Å². The number of anilines is 1. The second kappa shape index (κ2) is 5.67. The molecule has 128 valence electrons. The Morgan fingerprint density at radius 3 is 2.80 bits per heavy atom. The molecule has 0 radical (unpaired) electrons. The summed E-state index contributed by atoms with van der Waals surface area (Å²) in [6.45, 7) is 4.91. The van der Waals surface area contributed by atoms with Crippen molar-refractivity contribution in [2.75, 3.05) is 4.90 Å². The van der Waals surface area contributed by atoms with E-state index in [1.54, 1.807) is 24.7 Å². The Morgan fingerprint density at radius 1 is 1.28 bits per heavy atom. The average molecular weight is 336 g/mol. The van der Waals surface area contributed by atoms with Gasteiger partial charge in [-0.05, 0) is 37.1 Å². The highest BCUT2D eigenvalue weighted by Crippen LogP contribution is 2.28. The summed E-state index contributed by atoms with van der Waals surface area (Å²) in [5.41, 5.74) is 4.25. The number of aryl methyl sites for hydroxylation is 1. The lowest BCUT2D eigenvalue weighted by molar-refractivity contribution is 0.200. The average Bonchev–Trinajstić information content (AvgIpc) is 3.01. The Bertz CT molecular complexity index is 1010. The highest BCUT2D eigenvalue weighted by atomic mass is 16.3. The third-order valence-electron chi connectivity index (χ3n) is 4.75. The Hall–Kier alpha value is -2.73. The van der Waals surface area contributed by atoms with Crippen LogP contribution in [-0.4, -0.2) is 19.6 Å². The van der Waals surface area contributed by atoms with Gasteiger partial charge in [-0.3, -0.25) is 14.3 Å². The fourth-order valence-electron chi connectivity index (χ4n) is 3.48. The SMILES string of the molecule is Cc1cc(C(C)O)c2nc(N3Cc4cccnc4C3)n(C)c(=O)c2c1. The normalized spacial score (nSPS) is 14.8. The number of rotatable bonds is 2. The highest BCUT2D eigenvalue weighted by Gasteiger charge is 2.24. The molecular formula is C19H20N4O2. The van der Waals surface area contributed by atoms with Crippen LogP contribution in [0.1, 0.15) is 35.4 Å². The van der Waals surface area contributed by atoms with Crippen LogP contribution in [-0.2, 0) is 20.1 Å². The molecule has 1 aliphatic rings. The zero-order chi connectivity index (χ0) is 17.7. The summed E-state index contributed by atoms with van der Waals surface area (Å²) in [4.78, 5) is 24.1. The molecule has 1 aromatic carbocycles. The van der Waals surface area contributed by atoms with Crippen molar-refractivity contribution in [3.05, 3.63) is 63.2 Å². The molecule has 0 spiro atoms. The van der Waals surface area contributed by atoms with Crippen LogP contribution in [0.4, 0.5) is 5.95 Å². The Labute approximate surface area is 145 Å². The fourth-order valence-corrected chi connectivity index (χ4v) is 3.48. The fraction of sp³-hybridized carbons (Fsp3) is 0.316. The third-order valence-corrected chi connectivity index (χ3v) is 4.75. The molecule has 1 unspecified atom stereocenters. The monoisotopic (exact) mass is 336 g/mol. The first-order valence-electron chi connectivity index (χ1n) is 8.33. The summed E-state index contributed by atoms with van der Waals surface area (Å²) in [7, 11) is 1.74. The van der Waals surface area contributed by atoms with Crippen LogP contribution in [0.5, 0.6) is 0 Å². The first-order valence-corrected chi connectivity index (χ1v) is 8.33. The lowest BCUT2D eigenvalue weighted by Crippen LogP contribution is -2.28. The minimum atomic E-state index is -0.688. The van der Waals surface area contributed by atoms with Crippen LogP contribution in [0.3, 0.4) is 0 Å². The molecule has 25 heavy (non-hydrogen) atoms. The molecule has 2 aromatic heterocycles. The summed E-state index contributed by atoms with van der Waals surface area (Å²) in [6, 6.07) is 7.69. The first kappa shape index (κ1) is 15.8.